The van der Waals surface area contributed by atoms with E-state index in [1.807, 2.05) is 30.3 Å². The average molecular weight is 488 g/mol. The molecule has 1 aliphatic carbocycles. The summed E-state index contributed by atoms with van der Waals surface area (Å²) in [6, 6.07) is 9.74. The maximum atomic E-state index is 12.5. The van der Waals surface area contributed by atoms with Gasteiger partial charge in [-0.05, 0) is 36.5 Å². The molecule has 9 heteroatoms. The number of amides is 2. The van der Waals surface area contributed by atoms with Gasteiger partial charge in [-0.25, -0.2) is 4.98 Å². The van der Waals surface area contributed by atoms with Crippen molar-refractivity contribution in [3.8, 4) is 10.4 Å². The predicted molar refractivity (Wildman–Crippen MR) is 133 cm³/mol. The number of aromatic nitrogens is 1. The minimum Gasteiger partial charge on any atom is -0.409 e. The van der Waals surface area contributed by atoms with E-state index in [-0.39, 0.29) is 47.7 Å². The number of benzene rings is 1. The molecule has 1 fully saturated rings. The van der Waals surface area contributed by atoms with Crippen molar-refractivity contribution in [1.82, 2.24) is 15.6 Å². The maximum absolute atomic E-state index is 12.5. The first kappa shape index (κ1) is 25.3. The van der Waals surface area contributed by atoms with Gasteiger partial charge in [-0.3, -0.25) is 14.4 Å². The molecule has 1 heterocycles. The van der Waals surface area contributed by atoms with Crippen LogP contribution in [0.2, 0.25) is 18.1 Å². The van der Waals surface area contributed by atoms with Crippen LogP contribution in [0.15, 0.2) is 36.5 Å². The molecule has 3 rings (SSSR count). The fraction of sp³-hybridized carbons (Fsp3) is 0.500. The Morgan fingerprint density at radius 1 is 1.15 bits per heavy atom. The normalized spacial score (nSPS) is 18.3. The van der Waals surface area contributed by atoms with Crippen LogP contribution in [0, 0.1) is 5.92 Å². The minimum atomic E-state index is -1.99. The van der Waals surface area contributed by atoms with Crippen LogP contribution < -0.4 is 10.6 Å². The van der Waals surface area contributed by atoms with Crippen LogP contribution in [-0.4, -0.2) is 50.1 Å². The summed E-state index contributed by atoms with van der Waals surface area (Å²) in [7, 11) is -1.99. The summed E-state index contributed by atoms with van der Waals surface area (Å²) < 4.78 is 5.91. The summed E-state index contributed by atoms with van der Waals surface area (Å²) in [5, 5.41) is 6.10. The van der Waals surface area contributed by atoms with Crippen LogP contribution in [0.25, 0.3) is 10.4 Å². The van der Waals surface area contributed by atoms with Crippen LogP contribution >= 0.6 is 11.3 Å². The molecule has 0 spiro atoms. The summed E-state index contributed by atoms with van der Waals surface area (Å²) in [6.07, 6.45) is 2.82. The molecule has 178 valence electrons. The number of hydrogen-bond acceptors (Lipinski definition) is 6. The van der Waals surface area contributed by atoms with Crippen LogP contribution in [0.3, 0.4) is 0 Å². The van der Waals surface area contributed by atoms with Crippen LogP contribution in [-0.2, 0) is 14.0 Å². The molecule has 0 atom stereocenters. The number of carbonyl (C=O) groups is 3. The topological polar surface area (TPSA) is 97.4 Å². The Balaban J connectivity index is 1.37. The Morgan fingerprint density at radius 3 is 2.45 bits per heavy atom. The van der Waals surface area contributed by atoms with E-state index >= 15 is 0 Å². The molecular weight excluding hydrogens is 454 g/mol. The minimum absolute atomic E-state index is 0.0254. The monoisotopic (exact) mass is 487 g/mol. The molecule has 0 unspecified atom stereocenters. The van der Waals surface area contributed by atoms with Gasteiger partial charge >= 0.3 is 0 Å². The second-order valence-corrected chi connectivity index (χ2v) is 15.9. The van der Waals surface area contributed by atoms with E-state index < -0.39 is 8.32 Å². The first-order valence-corrected chi connectivity index (χ1v) is 14.9. The van der Waals surface area contributed by atoms with E-state index in [1.54, 1.807) is 6.20 Å². The molecule has 1 saturated carbocycles. The molecule has 0 radical (unpaired) electrons. The zero-order valence-corrected chi connectivity index (χ0v) is 21.8. The zero-order chi connectivity index (χ0) is 24.2. The molecule has 1 aromatic heterocycles. The second-order valence-electron chi connectivity index (χ2n) is 10.0. The molecular formula is C24H33N3O4SSi. The van der Waals surface area contributed by atoms with E-state index in [0.717, 1.165) is 10.4 Å². The molecule has 2 aromatic rings. The third-order valence-electron chi connectivity index (χ3n) is 6.46. The molecule has 1 aromatic carbocycles. The lowest BCUT2D eigenvalue weighted by Gasteiger charge is -2.36. The first-order chi connectivity index (χ1) is 15.5. The highest BCUT2D eigenvalue weighted by Crippen LogP contribution is 2.36. The Labute approximate surface area is 200 Å². The van der Waals surface area contributed by atoms with E-state index in [1.165, 1.54) is 11.3 Å². The van der Waals surface area contributed by atoms with Gasteiger partial charge in [-0.2, -0.15) is 0 Å². The summed E-state index contributed by atoms with van der Waals surface area (Å²) in [5.41, 5.74) is 1.03. The Kier molecular flexibility index (Phi) is 7.87. The maximum Gasteiger partial charge on any atom is 0.280 e. The quantitative estimate of drug-likeness (QED) is 0.521. The molecule has 2 amide bonds. The number of thiazole rings is 1. The Hall–Kier alpha value is -2.36. The van der Waals surface area contributed by atoms with Gasteiger partial charge < -0.3 is 15.1 Å². The summed E-state index contributed by atoms with van der Waals surface area (Å²) in [6.45, 7) is 10.5. The largest absolute Gasteiger partial charge is 0.409 e. The molecule has 7 nitrogen and oxygen atoms in total. The average Bonchev–Trinajstić information content (AvgIpc) is 3.23. The lowest BCUT2D eigenvalue weighted by atomic mass is 9.79. The smallest absolute Gasteiger partial charge is 0.280 e. The number of nitrogens with zero attached hydrogens (tertiary/aromatic N) is 1. The molecule has 0 bridgehead atoms. The number of nitrogens with one attached hydrogen (secondary N) is 2. The third-order valence-corrected chi connectivity index (χ3v) is 12.0. The highest BCUT2D eigenvalue weighted by Gasteiger charge is 2.38. The van der Waals surface area contributed by atoms with Gasteiger partial charge in [0.2, 0.25) is 5.91 Å². The van der Waals surface area contributed by atoms with Gasteiger partial charge in [-0.15, -0.1) is 11.3 Å². The lowest BCUT2D eigenvalue weighted by molar-refractivity contribution is -0.130. The van der Waals surface area contributed by atoms with Gasteiger partial charge in [0.05, 0.1) is 18.0 Å². The summed E-state index contributed by atoms with van der Waals surface area (Å²) in [4.78, 5) is 42.1. The van der Waals surface area contributed by atoms with Crippen molar-refractivity contribution in [2.24, 2.45) is 5.92 Å². The molecule has 0 saturated heterocycles. The summed E-state index contributed by atoms with van der Waals surface area (Å²) in [5.74, 6) is -0.693. The third kappa shape index (κ3) is 6.58. The second kappa shape index (κ2) is 10.3. The fourth-order valence-electron chi connectivity index (χ4n) is 3.17. The zero-order valence-electron chi connectivity index (χ0n) is 19.9. The van der Waals surface area contributed by atoms with Gasteiger partial charge in [0.1, 0.15) is 0 Å². The number of rotatable bonds is 9. The highest BCUT2D eigenvalue weighted by atomic mass is 32.1. The van der Waals surface area contributed by atoms with Crippen molar-refractivity contribution in [3.05, 3.63) is 41.5 Å². The number of ketones is 1. The predicted octanol–water partition coefficient (Wildman–Crippen LogP) is 4.03. The van der Waals surface area contributed by atoms with Crippen molar-refractivity contribution in [2.75, 3.05) is 13.2 Å². The Morgan fingerprint density at radius 2 is 1.82 bits per heavy atom. The van der Waals surface area contributed by atoms with E-state index in [2.05, 4.69) is 49.5 Å². The molecule has 2 N–H and O–H groups in total. The number of hydrogen-bond donors (Lipinski definition) is 2. The van der Waals surface area contributed by atoms with Crippen molar-refractivity contribution in [2.45, 2.75) is 57.8 Å². The first-order valence-electron chi connectivity index (χ1n) is 11.2. The highest BCUT2D eigenvalue weighted by molar-refractivity contribution is 7.17. The Bertz CT molecular complexity index is 995. The SMILES string of the molecule is CC(C)(C)[Si](C)(C)OCC(=O)CNC(=O)C1CC(NC(=O)c2ncc(-c3ccccc3)s2)C1. The van der Waals surface area contributed by atoms with E-state index in [0.29, 0.717) is 17.8 Å². The van der Waals surface area contributed by atoms with Gasteiger partial charge in [0.25, 0.3) is 5.91 Å². The van der Waals surface area contributed by atoms with Crippen molar-refractivity contribution in [1.29, 1.82) is 0 Å². The van der Waals surface area contributed by atoms with E-state index in [4.69, 9.17) is 4.43 Å². The fourth-order valence-corrected chi connectivity index (χ4v) is 4.95. The van der Waals surface area contributed by atoms with Gasteiger partial charge in [0.15, 0.2) is 19.1 Å². The van der Waals surface area contributed by atoms with Gasteiger partial charge in [0, 0.05) is 18.2 Å². The van der Waals surface area contributed by atoms with Crippen molar-refractivity contribution >= 4 is 37.3 Å². The molecule has 33 heavy (non-hydrogen) atoms. The molecule has 1 aliphatic rings. The standard InChI is InChI=1S/C24H33N3O4SSi/c1-24(2,3)33(4,5)31-15-19(28)13-25-21(29)17-11-18(12-17)27-22(30)23-26-14-20(32-23)16-9-7-6-8-10-16/h6-10,14,17-18H,11-13,15H2,1-5H3,(H,25,29)(H,27,30). The lowest BCUT2D eigenvalue weighted by Crippen LogP contribution is -2.50. The van der Waals surface area contributed by atoms with Crippen LogP contribution in [0.1, 0.15) is 43.4 Å². The van der Waals surface area contributed by atoms with Crippen molar-refractivity contribution < 1.29 is 18.8 Å². The van der Waals surface area contributed by atoms with Gasteiger partial charge in [-0.1, -0.05) is 51.1 Å². The number of Topliss-reactive ketones (excluding diaryl/α,β-unsaturated/α-hetero) is 1. The van der Waals surface area contributed by atoms with Crippen LogP contribution in [0.4, 0.5) is 0 Å². The van der Waals surface area contributed by atoms with Crippen LogP contribution in [0.5, 0.6) is 0 Å². The summed E-state index contributed by atoms with van der Waals surface area (Å²) >= 11 is 1.35. The van der Waals surface area contributed by atoms with E-state index in [9.17, 15) is 14.4 Å². The van der Waals surface area contributed by atoms with Crippen molar-refractivity contribution in [3.63, 3.8) is 0 Å². The molecule has 0 aliphatic heterocycles. The number of carbonyl (C=O) groups excluding carboxylic acids is 3.